The lowest BCUT2D eigenvalue weighted by atomic mass is 10.1. The molecule has 0 spiro atoms. The Labute approximate surface area is 192 Å². The van der Waals surface area contributed by atoms with E-state index in [4.69, 9.17) is 39.5 Å². The molecule has 1 atom stereocenters. The molecule has 0 saturated heterocycles. The second-order valence-electron chi connectivity index (χ2n) is 7.10. The number of carbonyl (C=O) groups excluding carboxylic acids is 2. The topological polar surface area (TPSA) is 58.6 Å². The third kappa shape index (κ3) is 7.08. The van der Waals surface area contributed by atoms with E-state index in [2.05, 4.69) is 5.32 Å². The van der Waals surface area contributed by atoms with Gasteiger partial charge in [0.15, 0.2) is 6.61 Å². The van der Waals surface area contributed by atoms with E-state index < -0.39 is 6.04 Å². The highest BCUT2D eigenvalue weighted by Crippen LogP contribution is 2.24. The van der Waals surface area contributed by atoms with E-state index in [9.17, 15) is 9.59 Å². The minimum Gasteiger partial charge on any atom is -0.484 e. The first-order valence-electron chi connectivity index (χ1n) is 9.63. The predicted molar refractivity (Wildman–Crippen MR) is 121 cm³/mol. The van der Waals surface area contributed by atoms with Crippen LogP contribution in [0.4, 0.5) is 0 Å². The zero-order valence-corrected chi connectivity index (χ0v) is 19.4. The Morgan fingerprint density at radius 1 is 1.03 bits per heavy atom. The Hall–Kier alpha value is -1.95. The van der Waals surface area contributed by atoms with Gasteiger partial charge >= 0.3 is 0 Å². The number of carbonyl (C=O) groups is 2. The van der Waals surface area contributed by atoms with Gasteiger partial charge in [-0.1, -0.05) is 47.8 Å². The quantitative estimate of drug-likeness (QED) is 0.536. The molecule has 8 heteroatoms. The van der Waals surface area contributed by atoms with Crippen LogP contribution in [0.25, 0.3) is 0 Å². The highest BCUT2D eigenvalue weighted by atomic mass is 35.5. The molecule has 0 bridgehead atoms. The standard InChI is InChI=1S/C22H25Cl3N2O3/c1-4-20(22(29)26-14(2)3)27(12-15-5-10-18(24)19(25)11-15)21(28)13-30-17-8-6-16(23)7-9-17/h5-11,14,20H,4,12-13H2,1-3H3,(H,26,29)/t20-/m0/s1. The SMILES string of the molecule is CC[C@@H](C(=O)NC(C)C)N(Cc1ccc(Cl)c(Cl)c1)C(=O)COc1ccc(Cl)cc1. The summed E-state index contributed by atoms with van der Waals surface area (Å²) >= 11 is 18.0. The van der Waals surface area contributed by atoms with E-state index >= 15 is 0 Å². The fourth-order valence-corrected chi connectivity index (χ4v) is 3.34. The lowest BCUT2D eigenvalue weighted by Crippen LogP contribution is -2.51. The number of halogens is 3. The predicted octanol–water partition coefficient (Wildman–Crippen LogP) is 5.36. The summed E-state index contributed by atoms with van der Waals surface area (Å²) in [5.41, 5.74) is 0.764. The highest BCUT2D eigenvalue weighted by Gasteiger charge is 2.29. The second kappa shape index (κ2) is 11.4. The maximum atomic E-state index is 13.1. The van der Waals surface area contributed by atoms with Crippen LogP contribution in [0, 0.1) is 0 Å². The second-order valence-corrected chi connectivity index (χ2v) is 8.35. The van der Waals surface area contributed by atoms with Gasteiger partial charge in [-0.25, -0.2) is 0 Å². The molecule has 0 aliphatic carbocycles. The Kier molecular flexibility index (Phi) is 9.28. The van der Waals surface area contributed by atoms with Crippen molar-refractivity contribution in [1.29, 1.82) is 0 Å². The van der Waals surface area contributed by atoms with Gasteiger partial charge in [0.05, 0.1) is 10.0 Å². The smallest absolute Gasteiger partial charge is 0.261 e. The Bertz CT molecular complexity index is 872. The number of rotatable bonds is 9. The molecule has 2 rings (SSSR count). The molecule has 2 amide bonds. The molecule has 0 unspecified atom stereocenters. The molecule has 30 heavy (non-hydrogen) atoms. The number of hydrogen-bond donors (Lipinski definition) is 1. The number of hydrogen-bond acceptors (Lipinski definition) is 3. The van der Waals surface area contributed by atoms with Crippen LogP contribution in [0.5, 0.6) is 5.75 Å². The van der Waals surface area contributed by atoms with E-state index in [0.29, 0.717) is 27.2 Å². The Balaban J connectivity index is 2.23. The molecule has 1 N–H and O–H groups in total. The summed E-state index contributed by atoms with van der Waals surface area (Å²) in [5, 5.41) is 4.27. The largest absolute Gasteiger partial charge is 0.484 e. The molecule has 2 aromatic rings. The van der Waals surface area contributed by atoms with Gasteiger partial charge in [-0.2, -0.15) is 0 Å². The minimum absolute atomic E-state index is 0.0428. The third-order valence-electron chi connectivity index (χ3n) is 4.33. The molecular formula is C22H25Cl3N2O3. The molecule has 0 aliphatic rings. The Morgan fingerprint density at radius 2 is 1.70 bits per heavy atom. The maximum Gasteiger partial charge on any atom is 0.261 e. The van der Waals surface area contributed by atoms with Gasteiger partial charge in [-0.3, -0.25) is 9.59 Å². The number of nitrogens with one attached hydrogen (secondary N) is 1. The molecule has 0 heterocycles. The van der Waals surface area contributed by atoms with Crippen LogP contribution >= 0.6 is 34.8 Å². The van der Waals surface area contributed by atoms with Gasteiger partial charge in [0.25, 0.3) is 5.91 Å². The van der Waals surface area contributed by atoms with Crippen molar-refractivity contribution in [2.75, 3.05) is 6.61 Å². The fraction of sp³-hybridized carbons (Fsp3) is 0.364. The van der Waals surface area contributed by atoms with Crippen LogP contribution in [-0.4, -0.2) is 35.4 Å². The molecule has 162 valence electrons. The van der Waals surface area contributed by atoms with Gasteiger partial charge in [0, 0.05) is 17.6 Å². The normalized spacial score (nSPS) is 11.8. The van der Waals surface area contributed by atoms with Crippen LogP contribution in [0.15, 0.2) is 42.5 Å². The first kappa shape index (κ1) is 24.3. The lowest BCUT2D eigenvalue weighted by Gasteiger charge is -2.31. The van der Waals surface area contributed by atoms with Crippen LogP contribution in [0.3, 0.4) is 0 Å². The summed E-state index contributed by atoms with van der Waals surface area (Å²) in [6.07, 6.45) is 0.451. The summed E-state index contributed by atoms with van der Waals surface area (Å²) in [4.78, 5) is 27.3. The van der Waals surface area contributed by atoms with Gasteiger partial charge < -0.3 is 15.0 Å². The van der Waals surface area contributed by atoms with Crippen molar-refractivity contribution in [2.24, 2.45) is 0 Å². The molecule has 0 radical (unpaired) electrons. The zero-order chi connectivity index (χ0) is 22.3. The van der Waals surface area contributed by atoms with E-state index in [1.54, 1.807) is 42.5 Å². The molecule has 0 fully saturated rings. The lowest BCUT2D eigenvalue weighted by molar-refractivity contribution is -0.143. The Morgan fingerprint density at radius 3 is 2.27 bits per heavy atom. The molecule has 0 saturated carbocycles. The monoisotopic (exact) mass is 470 g/mol. The van der Waals surface area contributed by atoms with Gasteiger partial charge in [-0.15, -0.1) is 0 Å². The molecule has 0 aromatic heterocycles. The van der Waals surface area contributed by atoms with Crippen molar-refractivity contribution in [3.63, 3.8) is 0 Å². The summed E-state index contributed by atoms with van der Waals surface area (Å²) < 4.78 is 5.61. The van der Waals surface area contributed by atoms with Crippen LogP contribution < -0.4 is 10.1 Å². The van der Waals surface area contributed by atoms with E-state index in [0.717, 1.165) is 5.56 Å². The molecule has 5 nitrogen and oxygen atoms in total. The summed E-state index contributed by atoms with van der Waals surface area (Å²) in [6.45, 7) is 5.59. The number of amides is 2. The highest BCUT2D eigenvalue weighted by molar-refractivity contribution is 6.42. The van der Waals surface area contributed by atoms with E-state index in [-0.39, 0.29) is 31.0 Å². The van der Waals surface area contributed by atoms with Crippen molar-refractivity contribution < 1.29 is 14.3 Å². The molecular weight excluding hydrogens is 447 g/mol. The van der Waals surface area contributed by atoms with E-state index in [1.807, 2.05) is 20.8 Å². The third-order valence-corrected chi connectivity index (χ3v) is 5.32. The number of benzene rings is 2. The van der Waals surface area contributed by atoms with Crippen LogP contribution in [0.2, 0.25) is 15.1 Å². The van der Waals surface area contributed by atoms with Gasteiger partial charge in [-0.05, 0) is 62.2 Å². The summed E-state index contributed by atoms with van der Waals surface area (Å²) in [6, 6.07) is 11.2. The summed E-state index contributed by atoms with van der Waals surface area (Å²) in [7, 11) is 0. The number of nitrogens with zero attached hydrogens (tertiary/aromatic N) is 1. The van der Waals surface area contributed by atoms with Crippen LogP contribution in [-0.2, 0) is 16.1 Å². The minimum atomic E-state index is -0.650. The maximum absolute atomic E-state index is 13.1. The average Bonchev–Trinajstić information content (AvgIpc) is 2.69. The first-order valence-corrected chi connectivity index (χ1v) is 10.8. The van der Waals surface area contributed by atoms with Crippen molar-refractivity contribution in [1.82, 2.24) is 10.2 Å². The van der Waals surface area contributed by atoms with E-state index in [1.165, 1.54) is 4.90 Å². The van der Waals surface area contributed by atoms with Gasteiger partial charge in [0.2, 0.25) is 5.91 Å². The van der Waals surface area contributed by atoms with Crippen molar-refractivity contribution >= 4 is 46.6 Å². The van der Waals surface area contributed by atoms with Crippen LogP contribution in [0.1, 0.15) is 32.8 Å². The van der Waals surface area contributed by atoms with Crippen molar-refractivity contribution in [2.45, 2.75) is 45.8 Å². The molecule has 0 aliphatic heterocycles. The zero-order valence-electron chi connectivity index (χ0n) is 17.1. The van der Waals surface area contributed by atoms with Crippen molar-refractivity contribution in [3.8, 4) is 5.75 Å². The van der Waals surface area contributed by atoms with Crippen molar-refractivity contribution in [3.05, 3.63) is 63.1 Å². The average molecular weight is 472 g/mol. The molecule has 2 aromatic carbocycles. The first-order chi connectivity index (χ1) is 14.2. The number of ether oxygens (including phenoxy) is 1. The van der Waals surface area contributed by atoms with Gasteiger partial charge in [0.1, 0.15) is 11.8 Å². The summed E-state index contributed by atoms with van der Waals surface area (Å²) in [5.74, 6) is -0.0175. The fourth-order valence-electron chi connectivity index (χ4n) is 2.89.